The number of benzene rings is 1. The number of anilines is 2. The van der Waals surface area contributed by atoms with Gasteiger partial charge in [0.25, 0.3) is 0 Å². The predicted molar refractivity (Wildman–Crippen MR) is 141 cm³/mol. The maximum Gasteiger partial charge on any atom is 0.154 e. The van der Waals surface area contributed by atoms with Crippen LogP contribution in [0.15, 0.2) is 79.3 Å². The number of nitrogens with one attached hydrogen (secondary N) is 1. The molecule has 0 bridgehead atoms. The van der Waals surface area contributed by atoms with Gasteiger partial charge in [0.05, 0.1) is 35.9 Å². The van der Waals surface area contributed by atoms with E-state index < -0.39 is 0 Å². The summed E-state index contributed by atoms with van der Waals surface area (Å²) in [5, 5.41) is 17.5. The van der Waals surface area contributed by atoms with Crippen LogP contribution in [0.3, 0.4) is 0 Å². The predicted octanol–water partition coefficient (Wildman–Crippen LogP) is 4.74. The zero-order valence-corrected chi connectivity index (χ0v) is 20.1. The summed E-state index contributed by atoms with van der Waals surface area (Å²) in [7, 11) is 0. The van der Waals surface area contributed by atoms with E-state index in [4.69, 9.17) is 10.1 Å². The number of hydrogen-bond acceptors (Lipinski definition) is 7. The van der Waals surface area contributed by atoms with Gasteiger partial charge in [-0.2, -0.15) is 0 Å². The number of imidazole rings is 1. The largest absolute Gasteiger partial charge is 0.395 e. The smallest absolute Gasteiger partial charge is 0.154 e. The molecule has 1 fully saturated rings. The Hall–Kier alpha value is -4.37. The Labute approximate surface area is 213 Å². The first-order chi connectivity index (χ1) is 18.2. The third kappa shape index (κ3) is 4.49. The number of hydrogen-bond donors (Lipinski definition) is 2. The molecule has 1 atom stereocenters. The summed E-state index contributed by atoms with van der Waals surface area (Å²) in [4.78, 5) is 16.0. The molecule has 1 aliphatic rings. The van der Waals surface area contributed by atoms with Crippen LogP contribution in [-0.4, -0.2) is 49.4 Å². The first-order valence-corrected chi connectivity index (χ1v) is 12.3. The molecule has 37 heavy (non-hydrogen) atoms. The first kappa shape index (κ1) is 23.1. The van der Waals surface area contributed by atoms with E-state index in [0.29, 0.717) is 17.9 Å². The lowest BCUT2D eigenvalue weighted by atomic mass is 10.0. The lowest BCUT2D eigenvalue weighted by Gasteiger charge is -2.26. The van der Waals surface area contributed by atoms with Crippen molar-refractivity contribution in [2.24, 2.45) is 0 Å². The van der Waals surface area contributed by atoms with Gasteiger partial charge in [0.15, 0.2) is 5.65 Å². The van der Waals surface area contributed by atoms with Gasteiger partial charge in [-0.25, -0.2) is 18.9 Å². The topological polar surface area (TPSA) is 91.5 Å². The van der Waals surface area contributed by atoms with Crippen LogP contribution in [0.1, 0.15) is 24.4 Å². The van der Waals surface area contributed by atoms with Crippen LogP contribution in [0.4, 0.5) is 15.9 Å². The van der Waals surface area contributed by atoms with Crippen LogP contribution < -0.4 is 10.2 Å². The molecule has 8 nitrogen and oxygen atoms in total. The summed E-state index contributed by atoms with van der Waals surface area (Å²) in [5.74, 6) is 0.587. The SMILES string of the molecule is OCCNc1ccc(-c2cnc3ccc(N4CCCC4c4cccc(F)c4)nn23)nc1-c1cccnc1. The Bertz CT molecular complexity index is 1540. The molecule has 2 N–H and O–H groups in total. The van der Waals surface area contributed by atoms with Crippen molar-refractivity contribution in [2.75, 3.05) is 29.9 Å². The minimum Gasteiger partial charge on any atom is -0.395 e. The summed E-state index contributed by atoms with van der Waals surface area (Å²) in [6.45, 7) is 1.27. The highest BCUT2D eigenvalue weighted by atomic mass is 19.1. The molecule has 1 unspecified atom stereocenters. The highest BCUT2D eigenvalue weighted by molar-refractivity contribution is 5.77. The summed E-state index contributed by atoms with van der Waals surface area (Å²) < 4.78 is 15.7. The van der Waals surface area contributed by atoms with Crippen molar-refractivity contribution in [3.63, 3.8) is 0 Å². The molecule has 1 aromatic carbocycles. The van der Waals surface area contributed by atoms with Gasteiger partial charge in [-0.05, 0) is 66.9 Å². The van der Waals surface area contributed by atoms with E-state index in [0.717, 1.165) is 53.4 Å². The second-order valence-electron chi connectivity index (χ2n) is 9.00. The van der Waals surface area contributed by atoms with Gasteiger partial charge in [0, 0.05) is 31.0 Å². The summed E-state index contributed by atoms with van der Waals surface area (Å²) in [6, 6.07) is 18.5. The van der Waals surface area contributed by atoms with Gasteiger partial charge >= 0.3 is 0 Å². The Morgan fingerprint density at radius 2 is 2.00 bits per heavy atom. The molecule has 9 heteroatoms. The molecule has 1 saturated heterocycles. The molecule has 0 radical (unpaired) electrons. The molecule has 0 spiro atoms. The Morgan fingerprint density at radius 1 is 1.05 bits per heavy atom. The van der Waals surface area contributed by atoms with Crippen molar-refractivity contribution in [2.45, 2.75) is 18.9 Å². The lowest BCUT2D eigenvalue weighted by molar-refractivity contribution is 0.311. The zero-order chi connectivity index (χ0) is 25.2. The molecule has 0 aliphatic carbocycles. The number of nitrogens with zero attached hydrogens (tertiary/aromatic N) is 6. The van der Waals surface area contributed by atoms with Crippen molar-refractivity contribution in [1.29, 1.82) is 0 Å². The van der Waals surface area contributed by atoms with Gasteiger partial charge in [-0.15, -0.1) is 5.10 Å². The van der Waals surface area contributed by atoms with Crippen molar-refractivity contribution >= 4 is 17.2 Å². The normalized spacial score (nSPS) is 15.4. The van der Waals surface area contributed by atoms with E-state index in [2.05, 4.69) is 20.2 Å². The standard InChI is InChI=1S/C28H26FN7O/c29-21-6-1-4-19(16-21)24-7-3-14-35(24)27-11-10-26-32-18-25(36(26)34-27)22-8-9-23(31-13-15-37)28(33-22)20-5-2-12-30-17-20/h1-2,4-6,8-12,16-18,24,31,37H,3,7,13-15H2. The lowest BCUT2D eigenvalue weighted by Crippen LogP contribution is -2.24. The fourth-order valence-electron chi connectivity index (χ4n) is 4.95. The van der Waals surface area contributed by atoms with E-state index in [1.807, 2.05) is 47.0 Å². The number of halogens is 1. The molecule has 5 aromatic rings. The quantitative estimate of drug-likeness (QED) is 0.337. The van der Waals surface area contributed by atoms with Crippen LogP contribution >= 0.6 is 0 Å². The van der Waals surface area contributed by atoms with Crippen molar-refractivity contribution < 1.29 is 9.50 Å². The first-order valence-electron chi connectivity index (χ1n) is 12.3. The molecule has 4 aromatic heterocycles. The van der Waals surface area contributed by atoms with Crippen molar-refractivity contribution in [3.05, 3.63) is 90.6 Å². The van der Waals surface area contributed by atoms with E-state index >= 15 is 0 Å². The summed E-state index contributed by atoms with van der Waals surface area (Å²) in [5.41, 5.74) is 5.55. The van der Waals surface area contributed by atoms with E-state index in [1.165, 1.54) is 6.07 Å². The van der Waals surface area contributed by atoms with Crippen molar-refractivity contribution in [1.82, 2.24) is 24.6 Å². The van der Waals surface area contributed by atoms with Gasteiger partial charge < -0.3 is 15.3 Å². The number of aliphatic hydroxyl groups excluding tert-OH is 1. The van der Waals surface area contributed by atoms with Crippen LogP contribution in [0, 0.1) is 5.82 Å². The Balaban J connectivity index is 1.40. The van der Waals surface area contributed by atoms with Gasteiger partial charge in [0.2, 0.25) is 0 Å². The minimum absolute atomic E-state index is 0.0152. The molecule has 0 saturated carbocycles. The molecular formula is C28H26FN7O. The number of aromatic nitrogens is 5. The summed E-state index contributed by atoms with van der Waals surface area (Å²) >= 11 is 0. The number of fused-ring (bicyclic) bond motifs is 1. The molecular weight excluding hydrogens is 469 g/mol. The number of pyridine rings is 2. The molecule has 0 amide bonds. The fraction of sp³-hybridized carbons (Fsp3) is 0.214. The minimum atomic E-state index is -0.225. The van der Waals surface area contributed by atoms with Gasteiger partial charge in [-0.1, -0.05) is 12.1 Å². The van der Waals surface area contributed by atoms with Crippen LogP contribution in [0.25, 0.3) is 28.3 Å². The highest BCUT2D eigenvalue weighted by Gasteiger charge is 2.28. The van der Waals surface area contributed by atoms with E-state index in [9.17, 15) is 9.50 Å². The van der Waals surface area contributed by atoms with Gasteiger partial charge in [-0.3, -0.25) is 4.98 Å². The third-order valence-corrected chi connectivity index (χ3v) is 6.65. The Kier molecular flexibility index (Phi) is 6.20. The fourth-order valence-corrected chi connectivity index (χ4v) is 4.95. The van der Waals surface area contributed by atoms with Crippen LogP contribution in [-0.2, 0) is 0 Å². The van der Waals surface area contributed by atoms with Crippen LogP contribution in [0.5, 0.6) is 0 Å². The molecule has 6 rings (SSSR count). The summed E-state index contributed by atoms with van der Waals surface area (Å²) in [6.07, 6.45) is 7.21. The third-order valence-electron chi connectivity index (χ3n) is 6.65. The number of aliphatic hydroxyl groups is 1. The molecule has 5 heterocycles. The van der Waals surface area contributed by atoms with E-state index in [-0.39, 0.29) is 18.5 Å². The monoisotopic (exact) mass is 495 g/mol. The maximum atomic E-state index is 13.9. The zero-order valence-electron chi connectivity index (χ0n) is 20.1. The average Bonchev–Trinajstić information content (AvgIpc) is 3.60. The van der Waals surface area contributed by atoms with Crippen LogP contribution in [0.2, 0.25) is 0 Å². The van der Waals surface area contributed by atoms with E-state index in [1.54, 1.807) is 30.7 Å². The molecule has 186 valence electrons. The average molecular weight is 496 g/mol. The Morgan fingerprint density at radius 3 is 2.84 bits per heavy atom. The number of rotatable bonds is 7. The maximum absolute atomic E-state index is 13.9. The highest BCUT2D eigenvalue weighted by Crippen LogP contribution is 2.36. The van der Waals surface area contributed by atoms with Crippen molar-refractivity contribution in [3.8, 4) is 22.6 Å². The second kappa shape index (κ2) is 9.94. The second-order valence-corrected chi connectivity index (χ2v) is 9.00. The molecule has 1 aliphatic heterocycles. The van der Waals surface area contributed by atoms with Gasteiger partial charge in [0.1, 0.15) is 17.3 Å².